The first-order chi connectivity index (χ1) is 15.9. The first-order valence-corrected chi connectivity index (χ1v) is 12.4. The van der Waals surface area contributed by atoms with Gasteiger partial charge in [0, 0.05) is 32.5 Å². The standard InChI is InChI=1S/C24H31N5O4S/c1-15-10-16(2)12-20(11-15)34(32,33)27-22-13-19(24(30)31)14-25-23(22)28(5)9-7-8-21-17(3)26-29(6)18(21)4/h10-14,27H,7-9H2,1-6H3,(H,30,31). The third kappa shape index (κ3) is 5.56. The predicted molar refractivity (Wildman–Crippen MR) is 132 cm³/mol. The van der Waals surface area contributed by atoms with Crippen molar-refractivity contribution in [3.05, 3.63) is 64.1 Å². The molecular weight excluding hydrogens is 454 g/mol. The van der Waals surface area contributed by atoms with Crippen LogP contribution in [0.1, 0.15) is 44.9 Å². The summed E-state index contributed by atoms with van der Waals surface area (Å²) < 4.78 is 30.7. The highest BCUT2D eigenvalue weighted by Gasteiger charge is 2.21. The molecule has 0 amide bonds. The van der Waals surface area contributed by atoms with Crippen LogP contribution in [0.2, 0.25) is 0 Å². The highest BCUT2D eigenvalue weighted by atomic mass is 32.2. The van der Waals surface area contributed by atoms with Gasteiger partial charge >= 0.3 is 5.97 Å². The van der Waals surface area contributed by atoms with Gasteiger partial charge in [0.05, 0.1) is 21.8 Å². The molecule has 1 aromatic carbocycles. The SMILES string of the molecule is Cc1cc(C)cc(S(=O)(=O)Nc2cc(C(=O)O)cnc2N(C)CCCc2c(C)nn(C)c2C)c1. The molecule has 0 fully saturated rings. The lowest BCUT2D eigenvalue weighted by Gasteiger charge is -2.22. The summed E-state index contributed by atoms with van der Waals surface area (Å²) in [5.41, 5.74) is 4.96. The number of aryl methyl sites for hydroxylation is 4. The molecular formula is C24H31N5O4S. The Bertz CT molecular complexity index is 1310. The lowest BCUT2D eigenvalue weighted by molar-refractivity contribution is 0.0696. The minimum atomic E-state index is -3.95. The van der Waals surface area contributed by atoms with Crippen molar-refractivity contribution in [1.29, 1.82) is 0 Å². The van der Waals surface area contributed by atoms with E-state index in [1.165, 1.54) is 17.8 Å². The molecule has 0 saturated heterocycles. The highest BCUT2D eigenvalue weighted by molar-refractivity contribution is 7.92. The van der Waals surface area contributed by atoms with Crippen molar-refractivity contribution < 1.29 is 18.3 Å². The second kappa shape index (κ2) is 9.84. The van der Waals surface area contributed by atoms with Gasteiger partial charge in [-0.05, 0) is 75.4 Å². The van der Waals surface area contributed by atoms with Crippen LogP contribution in [0.25, 0.3) is 0 Å². The number of rotatable bonds is 9. The molecule has 2 aromatic heterocycles. The number of aromatic nitrogens is 3. The van der Waals surface area contributed by atoms with E-state index in [0.29, 0.717) is 12.4 Å². The van der Waals surface area contributed by atoms with E-state index >= 15 is 0 Å². The maximum atomic E-state index is 13.1. The van der Waals surface area contributed by atoms with E-state index in [9.17, 15) is 18.3 Å². The summed E-state index contributed by atoms with van der Waals surface area (Å²) in [4.78, 5) is 17.7. The summed E-state index contributed by atoms with van der Waals surface area (Å²) in [5, 5.41) is 13.9. The Morgan fingerprint density at radius 1 is 1.12 bits per heavy atom. The van der Waals surface area contributed by atoms with Crippen LogP contribution in [-0.4, -0.2) is 47.9 Å². The largest absolute Gasteiger partial charge is 0.478 e. The molecule has 0 radical (unpaired) electrons. The summed E-state index contributed by atoms with van der Waals surface area (Å²) in [7, 11) is -0.227. The van der Waals surface area contributed by atoms with Crippen LogP contribution < -0.4 is 9.62 Å². The van der Waals surface area contributed by atoms with Gasteiger partial charge in [-0.2, -0.15) is 5.10 Å². The fraction of sp³-hybridized carbons (Fsp3) is 0.375. The topological polar surface area (TPSA) is 117 Å². The fourth-order valence-corrected chi connectivity index (χ4v) is 5.26. The first kappa shape index (κ1) is 25.2. The van der Waals surface area contributed by atoms with Crippen LogP contribution >= 0.6 is 0 Å². The first-order valence-electron chi connectivity index (χ1n) is 10.9. The fourth-order valence-electron chi connectivity index (χ4n) is 4.02. The normalized spacial score (nSPS) is 11.5. The van der Waals surface area contributed by atoms with Crippen LogP contribution in [-0.2, 0) is 23.5 Å². The predicted octanol–water partition coefficient (Wildman–Crippen LogP) is 3.62. The van der Waals surface area contributed by atoms with E-state index in [-0.39, 0.29) is 16.1 Å². The Kier molecular flexibility index (Phi) is 7.30. The van der Waals surface area contributed by atoms with Crippen molar-refractivity contribution in [2.75, 3.05) is 23.2 Å². The summed E-state index contributed by atoms with van der Waals surface area (Å²) in [6.45, 7) is 8.25. The molecule has 9 nitrogen and oxygen atoms in total. The lowest BCUT2D eigenvalue weighted by atomic mass is 10.1. The number of pyridine rings is 1. The van der Waals surface area contributed by atoms with Crippen LogP contribution in [0, 0.1) is 27.7 Å². The molecule has 182 valence electrons. The third-order valence-corrected chi connectivity index (χ3v) is 7.15. The van der Waals surface area contributed by atoms with E-state index < -0.39 is 16.0 Å². The molecule has 10 heteroatoms. The van der Waals surface area contributed by atoms with Gasteiger partial charge in [-0.3, -0.25) is 9.40 Å². The van der Waals surface area contributed by atoms with Gasteiger partial charge in [-0.1, -0.05) is 6.07 Å². The number of anilines is 2. The maximum Gasteiger partial charge on any atom is 0.337 e. The molecule has 2 N–H and O–H groups in total. The minimum Gasteiger partial charge on any atom is -0.478 e. The number of hydrogen-bond donors (Lipinski definition) is 2. The van der Waals surface area contributed by atoms with Gasteiger partial charge in [0.1, 0.15) is 0 Å². The molecule has 0 unspecified atom stereocenters. The zero-order valence-corrected chi connectivity index (χ0v) is 21.2. The van der Waals surface area contributed by atoms with E-state index in [2.05, 4.69) is 14.8 Å². The lowest BCUT2D eigenvalue weighted by Crippen LogP contribution is -2.24. The van der Waals surface area contributed by atoms with Crippen molar-refractivity contribution >= 4 is 27.5 Å². The Labute approximate surface area is 200 Å². The minimum absolute atomic E-state index is 0.100. The molecule has 0 aliphatic carbocycles. The second-order valence-electron chi connectivity index (χ2n) is 8.63. The second-order valence-corrected chi connectivity index (χ2v) is 10.3. The molecule has 2 heterocycles. The van der Waals surface area contributed by atoms with Crippen molar-refractivity contribution in [3.8, 4) is 0 Å². The highest BCUT2D eigenvalue weighted by Crippen LogP contribution is 2.28. The Morgan fingerprint density at radius 2 is 1.76 bits per heavy atom. The van der Waals surface area contributed by atoms with Gasteiger partial charge in [0.25, 0.3) is 10.0 Å². The maximum absolute atomic E-state index is 13.1. The molecule has 0 saturated carbocycles. The van der Waals surface area contributed by atoms with Crippen molar-refractivity contribution in [2.45, 2.75) is 45.4 Å². The van der Waals surface area contributed by atoms with Crippen LogP contribution in [0.15, 0.2) is 35.4 Å². The van der Waals surface area contributed by atoms with E-state index in [0.717, 1.165) is 35.4 Å². The van der Waals surface area contributed by atoms with Crippen LogP contribution in [0.4, 0.5) is 11.5 Å². The number of sulfonamides is 1. The number of carboxylic acid groups (broad SMARTS) is 1. The number of nitrogens with one attached hydrogen (secondary N) is 1. The molecule has 34 heavy (non-hydrogen) atoms. The van der Waals surface area contributed by atoms with Gasteiger partial charge in [0.15, 0.2) is 5.82 Å². The quantitative estimate of drug-likeness (QED) is 0.475. The zero-order valence-electron chi connectivity index (χ0n) is 20.4. The number of carbonyl (C=O) groups is 1. The number of aromatic carboxylic acids is 1. The summed E-state index contributed by atoms with van der Waals surface area (Å²) in [6.07, 6.45) is 2.83. The Morgan fingerprint density at radius 3 is 2.32 bits per heavy atom. The van der Waals surface area contributed by atoms with E-state index in [4.69, 9.17) is 0 Å². The monoisotopic (exact) mass is 485 g/mol. The Balaban J connectivity index is 1.86. The number of nitrogens with zero attached hydrogens (tertiary/aromatic N) is 4. The molecule has 0 aliphatic rings. The van der Waals surface area contributed by atoms with Gasteiger partial charge in [-0.25, -0.2) is 18.2 Å². The molecule has 0 spiro atoms. The number of hydrogen-bond acceptors (Lipinski definition) is 6. The average molecular weight is 486 g/mol. The number of benzene rings is 1. The molecule has 3 aromatic rings. The van der Waals surface area contributed by atoms with Gasteiger partial charge < -0.3 is 10.0 Å². The van der Waals surface area contributed by atoms with Crippen molar-refractivity contribution in [3.63, 3.8) is 0 Å². The zero-order chi connectivity index (χ0) is 25.2. The summed E-state index contributed by atoms with van der Waals surface area (Å²) >= 11 is 0. The van der Waals surface area contributed by atoms with E-state index in [1.54, 1.807) is 19.2 Å². The molecule has 3 rings (SSSR count). The average Bonchev–Trinajstić information content (AvgIpc) is 2.98. The van der Waals surface area contributed by atoms with Crippen molar-refractivity contribution in [1.82, 2.24) is 14.8 Å². The van der Waals surface area contributed by atoms with Crippen LogP contribution in [0.3, 0.4) is 0 Å². The van der Waals surface area contributed by atoms with Gasteiger partial charge in [-0.15, -0.1) is 0 Å². The molecule has 0 aliphatic heterocycles. The molecule has 0 atom stereocenters. The molecule has 0 bridgehead atoms. The van der Waals surface area contributed by atoms with Gasteiger partial charge in [0.2, 0.25) is 0 Å². The van der Waals surface area contributed by atoms with Crippen LogP contribution in [0.5, 0.6) is 0 Å². The van der Waals surface area contributed by atoms with E-state index in [1.807, 2.05) is 50.4 Å². The summed E-state index contributed by atoms with van der Waals surface area (Å²) in [5.74, 6) is -0.825. The summed E-state index contributed by atoms with van der Waals surface area (Å²) in [6, 6.07) is 6.34. The third-order valence-electron chi connectivity index (χ3n) is 5.80. The smallest absolute Gasteiger partial charge is 0.337 e. The number of carboxylic acids is 1. The Hall–Kier alpha value is -3.40. The van der Waals surface area contributed by atoms with Crippen molar-refractivity contribution in [2.24, 2.45) is 7.05 Å².